The molecule has 0 saturated carbocycles. The fraction of sp³-hybridized carbons (Fsp3) is 0.360. The van der Waals surface area contributed by atoms with Crippen LogP contribution in [0.4, 0.5) is 11.5 Å². The first kappa shape index (κ1) is 17.7. The predicted octanol–water partition coefficient (Wildman–Crippen LogP) is 3.61. The number of nitriles is 1. The molecule has 4 heterocycles. The lowest BCUT2D eigenvalue weighted by atomic mass is 9.95. The van der Waals surface area contributed by atoms with Gasteiger partial charge in [-0.1, -0.05) is 36.4 Å². The van der Waals surface area contributed by atoms with E-state index in [4.69, 9.17) is 4.98 Å². The van der Waals surface area contributed by atoms with Crippen molar-refractivity contribution in [2.75, 3.05) is 29.4 Å². The molecule has 3 aliphatic heterocycles. The number of fused-ring (bicyclic) bond motifs is 4. The molecule has 2 fully saturated rings. The summed E-state index contributed by atoms with van der Waals surface area (Å²) in [6, 6.07) is 18.6. The Labute approximate surface area is 176 Å². The van der Waals surface area contributed by atoms with Gasteiger partial charge in [0.25, 0.3) is 0 Å². The van der Waals surface area contributed by atoms with E-state index in [9.17, 15) is 5.26 Å². The molecule has 3 aliphatic rings. The molecule has 1 N–H and O–H groups in total. The van der Waals surface area contributed by atoms with Crippen LogP contribution in [0.5, 0.6) is 0 Å². The maximum Gasteiger partial charge on any atom is 0.132 e. The van der Waals surface area contributed by atoms with Crippen LogP contribution < -0.4 is 15.1 Å². The number of pyridine rings is 1. The Balaban J connectivity index is 1.39. The van der Waals surface area contributed by atoms with Crippen LogP contribution in [0.2, 0.25) is 0 Å². The highest BCUT2D eigenvalue weighted by Crippen LogP contribution is 2.36. The second-order valence-corrected chi connectivity index (χ2v) is 8.78. The molecule has 0 aliphatic carbocycles. The highest BCUT2D eigenvalue weighted by Gasteiger charge is 2.35. The molecule has 2 saturated heterocycles. The van der Waals surface area contributed by atoms with E-state index in [-0.39, 0.29) is 0 Å². The van der Waals surface area contributed by atoms with Crippen LogP contribution in [0, 0.1) is 11.3 Å². The second kappa shape index (κ2) is 7.00. The summed E-state index contributed by atoms with van der Waals surface area (Å²) >= 11 is 0. The van der Waals surface area contributed by atoms with Crippen LogP contribution >= 0.6 is 0 Å². The third kappa shape index (κ3) is 2.83. The quantitative estimate of drug-likeness (QED) is 0.718. The van der Waals surface area contributed by atoms with Crippen LogP contribution in [0.15, 0.2) is 48.7 Å². The molecule has 2 unspecified atom stereocenters. The van der Waals surface area contributed by atoms with Gasteiger partial charge in [-0.25, -0.2) is 4.98 Å². The highest BCUT2D eigenvalue weighted by atomic mass is 15.3. The maximum absolute atomic E-state index is 9.79. The van der Waals surface area contributed by atoms with Gasteiger partial charge >= 0.3 is 0 Å². The van der Waals surface area contributed by atoms with E-state index in [1.807, 2.05) is 0 Å². The van der Waals surface area contributed by atoms with Gasteiger partial charge in [-0.3, -0.25) is 0 Å². The van der Waals surface area contributed by atoms with Crippen molar-refractivity contribution in [3.63, 3.8) is 0 Å². The number of piperazine rings is 1. The third-order valence-electron chi connectivity index (χ3n) is 7.00. The van der Waals surface area contributed by atoms with Crippen LogP contribution in [0.1, 0.15) is 29.5 Å². The molecule has 2 atom stereocenters. The lowest BCUT2D eigenvalue weighted by Crippen LogP contribution is -2.52. The van der Waals surface area contributed by atoms with Crippen LogP contribution in [-0.2, 0) is 13.0 Å². The minimum Gasteiger partial charge on any atom is -0.366 e. The first-order valence-corrected chi connectivity index (χ1v) is 10.9. The summed E-state index contributed by atoms with van der Waals surface area (Å²) in [7, 11) is 0. The van der Waals surface area contributed by atoms with Gasteiger partial charge in [-0.2, -0.15) is 5.26 Å². The molecule has 0 spiro atoms. The second-order valence-electron chi connectivity index (χ2n) is 8.78. The zero-order valence-electron chi connectivity index (χ0n) is 17.0. The van der Waals surface area contributed by atoms with Crippen molar-refractivity contribution in [3.8, 4) is 6.07 Å². The minimum atomic E-state index is 0.576. The van der Waals surface area contributed by atoms with Gasteiger partial charge < -0.3 is 15.1 Å². The Morgan fingerprint density at radius 3 is 2.60 bits per heavy atom. The van der Waals surface area contributed by atoms with Crippen molar-refractivity contribution in [1.29, 1.82) is 5.26 Å². The molecule has 0 radical (unpaired) electrons. The lowest BCUT2D eigenvalue weighted by molar-refractivity contribution is 0.462. The number of rotatable bonds is 2. The maximum atomic E-state index is 9.79. The van der Waals surface area contributed by atoms with Gasteiger partial charge in [0.05, 0.1) is 5.56 Å². The number of nitrogens with zero attached hydrogens (tertiary/aromatic N) is 4. The van der Waals surface area contributed by atoms with Crippen LogP contribution in [0.3, 0.4) is 0 Å². The molecule has 2 aromatic carbocycles. The summed E-state index contributed by atoms with van der Waals surface area (Å²) in [5.74, 6) is 1.11. The summed E-state index contributed by atoms with van der Waals surface area (Å²) in [5, 5.41) is 16.0. The monoisotopic (exact) mass is 395 g/mol. The van der Waals surface area contributed by atoms with Crippen LogP contribution in [-0.4, -0.2) is 36.7 Å². The van der Waals surface area contributed by atoms with E-state index >= 15 is 0 Å². The Morgan fingerprint density at radius 1 is 0.967 bits per heavy atom. The zero-order valence-corrected chi connectivity index (χ0v) is 17.0. The fourth-order valence-corrected chi connectivity index (χ4v) is 5.57. The average molecular weight is 396 g/mol. The van der Waals surface area contributed by atoms with Gasteiger partial charge in [-0.05, 0) is 36.3 Å². The van der Waals surface area contributed by atoms with E-state index in [2.05, 4.69) is 63.7 Å². The molecule has 2 bridgehead atoms. The predicted molar refractivity (Wildman–Crippen MR) is 120 cm³/mol. The van der Waals surface area contributed by atoms with Crippen molar-refractivity contribution in [3.05, 3.63) is 65.4 Å². The summed E-state index contributed by atoms with van der Waals surface area (Å²) < 4.78 is 0. The summed E-state index contributed by atoms with van der Waals surface area (Å²) in [6.45, 7) is 3.76. The lowest BCUT2D eigenvalue weighted by Gasteiger charge is -2.38. The number of aromatic nitrogens is 1. The van der Waals surface area contributed by atoms with Crippen molar-refractivity contribution in [2.24, 2.45) is 0 Å². The summed E-state index contributed by atoms with van der Waals surface area (Å²) in [6.07, 6.45) is 5.24. The van der Waals surface area contributed by atoms with Gasteiger partial charge in [0.15, 0.2) is 0 Å². The number of anilines is 2. The molecular formula is C25H25N5. The van der Waals surface area contributed by atoms with Gasteiger partial charge in [-0.15, -0.1) is 0 Å². The Morgan fingerprint density at radius 2 is 1.77 bits per heavy atom. The Kier molecular flexibility index (Phi) is 4.14. The SMILES string of the molecule is N#Cc1cnc(N2CC3CCC(C2)N3)c2c1CN(c1cccc3ccccc13)CC2. The van der Waals surface area contributed by atoms with Crippen molar-refractivity contribution < 1.29 is 0 Å². The standard InChI is InChI=1S/C25H25N5/c26-12-18-13-27-25(30-14-19-8-9-20(15-30)28-19)22-10-11-29(16-23(18)22)24-7-3-5-17-4-1-2-6-21(17)24/h1-7,13,19-20,28H,8-11,14-16H2. The van der Waals surface area contributed by atoms with Crippen molar-refractivity contribution >= 4 is 22.3 Å². The van der Waals surface area contributed by atoms with E-state index in [1.165, 1.54) is 34.9 Å². The molecule has 5 nitrogen and oxygen atoms in total. The summed E-state index contributed by atoms with van der Waals surface area (Å²) in [5.41, 5.74) is 4.41. The number of hydrogen-bond donors (Lipinski definition) is 1. The molecule has 1 aromatic heterocycles. The van der Waals surface area contributed by atoms with Crippen LogP contribution in [0.25, 0.3) is 10.8 Å². The normalized spacial score (nSPS) is 22.8. The third-order valence-corrected chi connectivity index (χ3v) is 7.00. The average Bonchev–Trinajstić information content (AvgIpc) is 3.15. The van der Waals surface area contributed by atoms with E-state index < -0.39 is 0 Å². The van der Waals surface area contributed by atoms with Gasteiger partial charge in [0, 0.05) is 61.1 Å². The first-order valence-electron chi connectivity index (χ1n) is 10.9. The summed E-state index contributed by atoms with van der Waals surface area (Å²) in [4.78, 5) is 9.68. The number of hydrogen-bond acceptors (Lipinski definition) is 5. The highest BCUT2D eigenvalue weighted by molar-refractivity contribution is 5.94. The number of benzene rings is 2. The Hall–Kier alpha value is -3.10. The molecule has 3 aromatic rings. The topological polar surface area (TPSA) is 55.2 Å². The van der Waals surface area contributed by atoms with Crippen molar-refractivity contribution in [1.82, 2.24) is 10.3 Å². The largest absolute Gasteiger partial charge is 0.366 e. The van der Waals surface area contributed by atoms with E-state index in [0.717, 1.165) is 49.5 Å². The van der Waals surface area contributed by atoms with Gasteiger partial charge in [0.2, 0.25) is 0 Å². The van der Waals surface area contributed by atoms with E-state index in [1.54, 1.807) is 6.20 Å². The van der Waals surface area contributed by atoms with Crippen molar-refractivity contribution in [2.45, 2.75) is 37.9 Å². The Bertz CT molecular complexity index is 1150. The molecule has 30 heavy (non-hydrogen) atoms. The smallest absolute Gasteiger partial charge is 0.132 e. The molecule has 0 amide bonds. The fourth-order valence-electron chi connectivity index (χ4n) is 5.57. The zero-order chi connectivity index (χ0) is 20.1. The van der Waals surface area contributed by atoms with E-state index in [0.29, 0.717) is 12.1 Å². The number of nitrogens with one attached hydrogen (secondary N) is 1. The first-order chi connectivity index (χ1) is 14.8. The molecule has 5 heteroatoms. The molecule has 6 rings (SSSR count). The minimum absolute atomic E-state index is 0.576. The molecular weight excluding hydrogens is 370 g/mol. The molecule has 150 valence electrons. The van der Waals surface area contributed by atoms with Gasteiger partial charge in [0.1, 0.15) is 11.9 Å².